The van der Waals surface area contributed by atoms with Crippen LogP contribution in [0, 0.1) is 0 Å². The second kappa shape index (κ2) is 5.07. The number of hydrogen-bond acceptors (Lipinski definition) is 2. The van der Waals surface area contributed by atoms with Gasteiger partial charge in [-0.3, -0.25) is 4.79 Å². The standard InChI is InChI=1S/C9H12BrNO2/c1-7(8-3-2-6-13-8)11-9(12)4-5-10/h2-3,6-7H,4-5H2,1H3,(H,11,12)/t7-/m1/s1. The topological polar surface area (TPSA) is 42.2 Å². The zero-order valence-corrected chi connectivity index (χ0v) is 9.00. The first-order valence-electron chi connectivity index (χ1n) is 4.12. The van der Waals surface area contributed by atoms with E-state index >= 15 is 0 Å². The summed E-state index contributed by atoms with van der Waals surface area (Å²) < 4.78 is 5.15. The van der Waals surface area contributed by atoms with Crippen LogP contribution in [0.1, 0.15) is 25.1 Å². The van der Waals surface area contributed by atoms with Crippen molar-refractivity contribution in [2.24, 2.45) is 0 Å². The fourth-order valence-electron chi connectivity index (χ4n) is 1.01. The van der Waals surface area contributed by atoms with Crippen LogP contribution in [0.15, 0.2) is 22.8 Å². The van der Waals surface area contributed by atoms with Crippen LogP contribution < -0.4 is 5.32 Å². The van der Waals surface area contributed by atoms with Crippen molar-refractivity contribution in [1.82, 2.24) is 5.32 Å². The Hall–Kier alpha value is -0.770. The monoisotopic (exact) mass is 245 g/mol. The molecule has 0 radical (unpaired) electrons. The van der Waals surface area contributed by atoms with Gasteiger partial charge in [-0.25, -0.2) is 0 Å². The average molecular weight is 246 g/mol. The molecule has 72 valence electrons. The van der Waals surface area contributed by atoms with Crippen molar-refractivity contribution in [3.63, 3.8) is 0 Å². The van der Waals surface area contributed by atoms with Crippen LogP contribution >= 0.6 is 15.9 Å². The van der Waals surface area contributed by atoms with Gasteiger partial charge in [-0.1, -0.05) is 15.9 Å². The molecule has 0 aromatic carbocycles. The Bertz CT molecular complexity index is 259. The molecule has 1 aromatic rings. The molecular formula is C9H12BrNO2. The third kappa shape index (κ3) is 3.22. The molecule has 0 aliphatic rings. The molecule has 13 heavy (non-hydrogen) atoms. The number of nitrogens with one attached hydrogen (secondary N) is 1. The number of furan rings is 1. The van der Waals surface area contributed by atoms with Crippen LogP contribution in [0.2, 0.25) is 0 Å². The molecule has 1 amide bonds. The van der Waals surface area contributed by atoms with E-state index in [9.17, 15) is 4.79 Å². The molecule has 0 saturated heterocycles. The predicted molar refractivity (Wildman–Crippen MR) is 53.7 cm³/mol. The van der Waals surface area contributed by atoms with Gasteiger partial charge in [0.15, 0.2) is 0 Å². The Morgan fingerprint density at radius 3 is 3.08 bits per heavy atom. The number of halogens is 1. The Morgan fingerprint density at radius 1 is 1.77 bits per heavy atom. The maximum Gasteiger partial charge on any atom is 0.221 e. The first-order chi connectivity index (χ1) is 6.24. The lowest BCUT2D eigenvalue weighted by molar-refractivity contribution is -0.121. The van der Waals surface area contributed by atoms with Crippen molar-refractivity contribution in [3.8, 4) is 0 Å². The largest absolute Gasteiger partial charge is 0.467 e. The number of amides is 1. The van der Waals surface area contributed by atoms with Crippen molar-refractivity contribution in [1.29, 1.82) is 0 Å². The van der Waals surface area contributed by atoms with Crippen molar-refractivity contribution in [2.45, 2.75) is 19.4 Å². The third-order valence-electron chi connectivity index (χ3n) is 1.67. The summed E-state index contributed by atoms with van der Waals surface area (Å²) in [6.07, 6.45) is 2.09. The van der Waals surface area contributed by atoms with E-state index in [1.54, 1.807) is 6.26 Å². The van der Waals surface area contributed by atoms with Crippen LogP contribution in [-0.2, 0) is 4.79 Å². The highest BCUT2D eigenvalue weighted by molar-refractivity contribution is 9.09. The molecule has 0 aliphatic carbocycles. The van der Waals surface area contributed by atoms with E-state index in [0.29, 0.717) is 11.8 Å². The molecule has 0 unspecified atom stereocenters. The number of alkyl halides is 1. The van der Waals surface area contributed by atoms with Gasteiger partial charge in [0.05, 0.1) is 12.3 Å². The van der Waals surface area contributed by atoms with Gasteiger partial charge >= 0.3 is 0 Å². The van der Waals surface area contributed by atoms with E-state index in [0.717, 1.165) is 5.76 Å². The number of carbonyl (C=O) groups is 1. The maximum atomic E-state index is 11.2. The smallest absolute Gasteiger partial charge is 0.221 e. The minimum Gasteiger partial charge on any atom is -0.467 e. The van der Waals surface area contributed by atoms with Crippen molar-refractivity contribution < 1.29 is 9.21 Å². The van der Waals surface area contributed by atoms with E-state index in [1.807, 2.05) is 19.1 Å². The molecule has 1 rings (SSSR count). The Kier molecular flexibility index (Phi) is 4.02. The van der Waals surface area contributed by atoms with Crippen molar-refractivity contribution in [2.75, 3.05) is 5.33 Å². The molecule has 3 nitrogen and oxygen atoms in total. The van der Waals surface area contributed by atoms with Gasteiger partial charge in [0.25, 0.3) is 0 Å². The Balaban J connectivity index is 2.42. The van der Waals surface area contributed by atoms with E-state index in [1.165, 1.54) is 0 Å². The second-order valence-corrected chi connectivity index (χ2v) is 3.54. The van der Waals surface area contributed by atoms with E-state index in [2.05, 4.69) is 21.2 Å². The first kappa shape index (κ1) is 10.3. The number of carbonyl (C=O) groups excluding carboxylic acids is 1. The summed E-state index contributed by atoms with van der Waals surface area (Å²) in [5.74, 6) is 0.809. The molecule has 1 atom stereocenters. The molecule has 0 spiro atoms. The molecular weight excluding hydrogens is 234 g/mol. The maximum absolute atomic E-state index is 11.2. The SMILES string of the molecule is C[C@@H](NC(=O)CCBr)c1ccco1. The molecule has 0 saturated carbocycles. The van der Waals surface area contributed by atoms with Gasteiger partial charge in [0, 0.05) is 11.8 Å². The van der Waals surface area contributed by atoms with Gasteiger partial charge in [0.2, 0.25) is 5.91 Å². The minimum atomic E-state index is -0.0541. The van der Waals surface area contributed by atoms with Gasteiger partial charge in [0.1, 0.15) is 5.76 Å². The molecule has 0 bridgehead atoms. The van der Waals surface area contributed by atoms with Crippen LogP contribution in [0.4, 0.5) is 0 Å². The quantitative estimate of drug-likeness (QED) is 0.828. The summed E-state index contributed by atoms with van der Waals surface area (Å²) in [5, 5.41) is 3.50. The summed E-state index contributed by atoms with van der Waals surface area (Å²) in [4.78, 5) is 11.2. The second-order valence-electron chi connectivity index (χ2n) is 2.74. The summed E-state index contributed by atoms with van der Waals surface area (Å²) in [6, 6.07) is 3.60. The van der Waals surface area contributed by atoms with Gasteiger partial charge in [-0.2, -0.15) is 0 Å². The fraction of sp³-hybridized carbons (Fsp3) is 0.444. The molecule has 0 fully saturated rings. The van der Waals surface area contributed by atoms with Gasteiger partial charge in [-0.05, 0) is 19.1 Å². The Labute approximate surface area is 85.6 Å². The van der Waals surface area contributed by atoms with Gasteiger partial charge in [-0.15, -0.1) is 0 Å². The van der Waals surface area contributed by atoms with Crippen LogP contribution in [0.25, 0.3) is 0 Å². The molecule has 1 N–H and O–H groups in total. The lowest BCUT2D eigenvalue weighted by Crippen LogP contribution is -2.26. The zero-order chi connectivity index (χ0) is 9.68. The Morgan fingerprint density at radius 2 is 2.54 bits per heavy atom. The molecule has 0 aliphatic heterocycles. The highest BCUT2D eigenvalue weighted by Gasteiger charge is 2.10. The van der Waals surface area contributed by atoms with E-state index in [-0.39, 0.29) is 11.9 Å². The normalized spacial score (nSPS) is 12.5. The lowest BCUT2D eigenvalue weighted by atomic mass is 10.2. The van der Waals surface area contributed by atoms with Crippen LogP contribution in [0.3, 0.4) is 0 Å². The molecule has 1 heterocycles. The summed E-state index contributed by atoms with van der Waals surface area (Å²) >= 11 is 3.20. The molecule has 4 heteroatoms. The zero-order valence-electron chi connectivity index (χ0n) is 7.42. The third-order valence-corrected chi connectivity index (χ3v) is 2.07. The first-order valence-corrected chi connectivity index (χ1v) is 5.25. The number of rotatable bonds is 4. The molecule has 1 aromatic heterocycles. The predicted octanol–water partition coefficient (Wildman–Crippen LogP) is 2.24. The van der Waals surface area contributed by atoms with Gasteiger partial charge < -0.3 is 9.73 Å². The minimum absolute atomic E-state index is 0.0285. The van der Waals surface area contributed by atoms with Crippen LogP contribution in [0.5, 0.6) is 0 Å². The van der Waals surface area contributed by atoms with Crippen molar-refractivity contribution >= 4 is 21.8 Å². The summed E-state index contributed by atoms with van der Waals surface area (Å²) in [5.41, 5.74) is 0. The average Bonchev–Trinajstić information content (AvgIpc) is 2.55. The van der Waals surface area contributed by atoms with Crippen LogP contribution in [-0.4, -0.2) is 11.2 Å². The lowest BCUT2D eigenvalue weighted by Gasteiger charge is -2.10. The highest BCUT2D eigenvalue weighted by atomic mass is 79.9. The van der Waals surface area contributed by atoms with E-state index in [4.69, 9.17) is 4.42 Å². The number of hydrogen-bond donors (Lipinski definition) is 1. The highest BCUT2D eigenvalue weighted by Crippen LogP contribution is 2.12. The van der Waals surface area contributed by atoms with Crippen molar-refractivity contribution in [3.05, 3.63) is 24.2 Å². The summed E-state index contributed by atoms with van der Waals surface area (Å²) in [7, 11) is 0. The summed E-state index contributed by atoms with van der Waals surface area (Å²) in [6.45, 7) is 1.89. The van der Waals surface area contributed by atoms with E-state index < -0.39 is 0 Å². The fourth-order valence-corrected chi connectivity index (χ4v) is 1.37.